The largest absolute Gasteiger partial charge is 0.497 e. The number of amides is 1. The molecule has 0 atom stereocenters. The van der Waals surface area contributed by atoms with Gasteiger partial charge >= 0.3 is 0 Å². The van der Waals surface area contributed by atoms with Crippen LogP contribution < -0.4 is 20.5 Å². The molecule has 3 N–H and O–H groups in total. The van der Waals surface area contributed by atoms with Gasteiger partial charge < -0.3 is 25.4 Å². The van der Waals surface area contributed by atoms with E-state index >= 15 is 0 Å². The van der Waals surface area contributed by atoms with Gasteiger partial charge in [0.05, 0.1) is 19.9 Å². The van der Waals surface area contributed by atoms with Crippen molar-refractivity contribution in [3.8, 4) is 11.5 Å². The van der Waals surface area contributed by atoms with Gasteiger partial charge in [-0.3, -0.25) is 4.79 Å². The predicted molar refractivity (Wildman–Crippen MR) is 101 cm³/mol. The van der Waals surface area contributed by atoms with Crippen molar-refractivity contribution in [1.29, 1.82) is 0 Å². The van der Waals surface area contributed by atoms with Crippen LogP contribution in [0.2, 0.25) is 0 Å². The molecule has 0 saturated carbocycles. The number of oxime groups is 1. The number of carbonyl (C=O) groups is 1. The Balaban J connectivity index is 1.79. The average molecular weight is 357 g/mol. The van der Waals surface area contributed by atoms with Crippen LogP contribution in [-0.2, 0) is 16.1 Å². The minimum Gasteiger partial charge on any atom is -0.497 e. The van der Waals surface area contributed by atoms with Crippen LogP contribution in [0, 0.1) is 0 Å². The number of anilines is 1. The van der Waals surface area contributed by atoms with Crippen molar-refractivity contribution in [3.05, 3.63) is 54.1 Å². The minimum absolute atomic E-state index is 0.249. The monoisotopic (exact) mass is 357 g/mol. The standard InChI is InChI=1S/C19H23N3O4/c1-24-15-9-10-16(17(12-15)25-2)21-19(23)13-26-22-18(20)11-8-14-6-4-3-5-7-14/h3-7,9-10,12H,8,11,13H2,1-2H3,(H2,20,22)(H,21,23). The van der Waals surface area contributed by atoms with Crippen LogP contribution in [0.3, 0.4) is 0 Å². The second-order valence-electron chi connectivity index (χ2n) is 5.46. The van der Waals surface area contributed by atoms with Crippen molar-refractivity contribution >= 4 is 17.4 Å². The molecular formula is C19H23N3O4. The number of nitrogens with zero attached hydrogens (tertiary/aromatic N) is 1. The number of carbonyl (C=O) groups excluding carboxylic acids is 1. The second kappa shape index (κ2) is 9.93. The maximum absolute atomic E-state index is 12.0. The van der Waals surface area contributed by atoms with E-state index in [1.54, 1.807) is 25.3 Å². The summed E-state index contributed by atoms with van der Waals surface area (Å²) in [6.45, 7) is -0.249. The number of amidine groups is 1. The summed E-state index contributed by atoms with van der Waals surface area (Å²) in [5.41, 5.74) is 7.48. The first-order chi connectivity index (χ1) is 12.6. The normalized spacial score (nSPS) is 10.9. The van der Waals surface area contributed by atoms with Gasteiger partial charge in [-0.1, -0.05) is 35.5 Å². The van der Waals surface area contributed by atoms with E-state index in [0.29, 0.717) is 29.4 Å². The first-order valence-corrected chi connectivity index (χ1v) is 8.12. The molecule has 26 heavy (non-hydrogen) atoms. The Labute approximate surface area is 152 Å². The summed E-state index contributed by atoms with van der Waals surface area (Å²) in [6, 6.07) is 15.0. The van der Waals surface area contributed by atoms with E-state index in [-0.39, 0.29) is 12.5 Å². The molecule has 7 nitrogen and oxygen atoms in total. The van der Waals surface area contributed by atoms with Gasteiger partial charge in [-0.25, -0.2) is 0 Å². The third-order valence-electron chi connectivity index (χ3n) is 3.57. The van der Waals surface area contributed by atoms with Crippen LogP contribution in [0.15, 0.2) is 53.7 Å². The molecule has 0 aliphatic carbocycles. The molecule has 2 aromatic carbocycles. The summed E-state index contributed by atoms with van der Waals surface area (Å²) in [7, 11) is 3.07. The maximum Gasteiger partial charge on any atom is 0.265 e. The van der Waals surface area contributed by atoms with Crippen molar-refractivity contribution in [2.45, 2.75) is 12.8 Å². The first-order valence-electron chi connectivity index (χ1n) is 8.12. The fourth-order valence-corrected chi connectivity index (χ4v) is 2.22. The number of aryl methyl sites for hydroxylation is 1. The molecule has 0 saturated heterocycles. The lowest BCUT2D eigenvalue weighted by atomic mass is 10.1. The molecule has 0 radical (unpaired) electrons. The number of ether oxygens (including phenoxy) is 2. The highest BCUT2D eigenvalue weighted by Crippen LogP contribution is 2.28. The lowest BCUT2D eigenvalue weighted by molar-refractivity contribution is -0.120. The number of nitrogens with one attached hydrogen (secondary N) is 1. The minimum atomic E-state index is -0.368. The van der Waals surface area contributed by atoms with Crippen molar-refractivity contribution in [2.75, 3.05) is 26.1 Å². The summed E-state index contributed by atoms with van der Waals surface area (Å²) in [5.74, 6) is 1.09. The van der Waals surface area contributed by atoms with Crippen molar-refractivity contribution in [2.24, 2.45) is 10.9 Å². The molecule has 0 aliphatic rings. The molecule has 0 unspecified atom stereocenters. The van der Waals surface area contributed by atoms with Gasteiger partial charge in [-0.05, 0) is 24.1 Å². The molecule has 0 heterocycles. The predicted octanol–water partition coefficient (Wildman–Crippen LogP) is 2.56. The number of nitrogens with two attached hydrogens (primary N) is 1. The molecule has 1 amide bonds. The Morgan fingerprint density at radius 2 is 1.88 bits per heavy atom. The summed E-state index contributed by atoms with van der Waals surface area (Å²) in [5, 5.41) is 6.46. The highest BCUT2D eigenvalue weighted by Gasteiger charge is 2.09. The molecule has 0 fully saturated rings. The zero-order valence-electron chi connectivity index (χ0n) is 14.9. The van der Waals surface area contributed by atoms with E-state index in [4.69, 9.17) is 20.0 Å². The summed E-state index contributed by atoms with van der Waals surface area (Å²) < 4.78 is 10.3. The summed E-state index contributed by atoms with van der Waals surface area (Å²) in [6.07, 6.45) is 1.31. The van der Waals surface area contributed by atoms with Crippen molar-refractivity contribution in [3.63, 3.8) is 0 Å². The Bertz CT molecular complexity index is 748. The highest BCUT2D eigenvalue weighted by atomic mass is 16.6. The summed E-state index contributed by atoms with van der Waals surface area (Å²) in [4.78, 5) is 17.0. The second-order valence-corrected chi connectivity index (χ2v) is 5.46. The number of benzene rings is 2. The SMILES string of the molecule is COc1ccc(NC(=O)CO/N=C(\N)CCc2ccccc2)c(OC)c1. The lowest BCUT2D eigenvalue weighted by Crippen LogP contribution is -2.19. The fraction of sp³-hybridized carbons (Fsp3) is 0.263. The van der Waals surface area contributed by atoms with Crippen LogP contribution in [0.4, 0.5) is 5.69 Å². The molecule has 0 aliphatic heterocycles. The van der Waals surface area contributed by atoms with E-state index in [0.717, 1.165) is 12.0 Å². The van der Waals surface area contributed by atoms with Crippen LogP contribution in [0.25, 0.3) is 0 Å². The molecule has 7 heteroatoms. The van der Waals surface area contributed by atoms with Gasteiger partial charge in [0.25, 0.3) is 5.91 Å². The van der Waals surface area contributed by atoms with Gasteiger partial charge in [0.15, 0.2) is 6.61 Å². The van der Waals surface area contributed by atoms with Crippen molar-refractivity contribution < 1.29 is 19.1 Å². The topological polar surface area (TPSA) is 95.2 Å². The van der Waals surface area contributed by atoms with Crippen LogP contribution in [0.5, 0.6) is 11.5 Å². The Hall–Kier alpha value is -3.22. The number of hydrogen-bond donors (Lipinski definition) is 2. The van der Waals surface area contributed by atoms with Crippen LogP contribution in [0.1, 0.15) is 12.0 Å². The van der Waals surface area contributed by atoms with Crippen molar-refractivity contribution in [1.82, 2.24) is 0 Å². The molecular weight excluding hydrogens is 334 g/mol. The van der Waals surface area contributed by atoms with Gasteiger partial charge in [0.2, 0.25) is 0 Å². The van der Waals surface area contributed by atoms with E-state index < -0.39 is 0 Å². The molecule has 0 bridgehead atoms. The Morgan fingerprint density at radius 1 is 1.12 bits per heavy atom. The molecule has 0 aromatic heterocycles. The van der Waals surface area contributed by atoms with Crippen LogP contribution >= 0.6 is 0 Å². The zero-order valence-corrected chi connectivity index (χ0v) is 14.9. The molecule has 2 rings (SSSR count). The van der Waals surface area contributed by atoms with E-state index in [1.165, 1.54) is 7.11 Å². The average Bonchev–Trinajstić information content (AvgIpc) is 2.67. The van der Waals surface area contributed by atoms with Gasteiger partial charge in [0, 0.05) is 12.5 Å². The highest BCUT2D eigenvalue weighted by molar-refractivity contribution is 5.93. The number of rotatable bonds is 9. The van der Waals surface area contributed by atoms with Gasteiger partial charge in [-0.2, -0.15) is 0 Å². The fourth-order valence-electron chi connectivity index (χ4n) is 2.22. The van der Waals surface area contributed by atoms with E-state index in [2.05, 4.69) is 10.5 Å². The van der Waals surface area contributed by atoms with Gasteiger partial charge in [0.1, 0.15) is 17.3 Å². The lowest BCUT2D eigenvalue weighted by Gasteiger charge is -2.11. The Morgan fingerprint density at radius 3 is 2.58 bits per heavy atom. The van der Waals surface area contributed by atoms with E-state index in [9.17, 15) is 4.79 Å². The smallest absolute Gasteiger partial charge is 0.265 e. The first kappa shape index (κ1) is 19.1. The molecule has 2 aromatic rings. The third kappa shape index (κ3) is 6.01. The molecule has 0 spiro atoms. The zero-order chi connectivity index (χ0) is 18.8. The maximum atomic E-state index is 12.0. The summed E-state index contributed by atoms with van der Waals surface area (Å²) >= 11 is 0. The molecule has 138 valence electrons. The quantitative estimate of drug-likeness (QED) is 0.408. The van der Waals surface area contributed by atoms with Crippen LogP contribution in [-0.4, -0.2) is 32.6 Å². The number of hydrogen-bond acceptors (Lipinski definition) is 5. The van der Waals surface area contributed by atoms with Gasteiger partial charge in [-0.15, -0.1) is 0 Å². The number of methoxy groups -OCH3 is 2. The van der Waals surface area contributed by atoms with E-state index in [1.807, 2.05) is 30.3 Å². The third-order valence-corrected chi connectivity index (χ3v) is 3.57. The Kier molecular flexibility index (Phi) is 7.30.